The van der Waals surface area contributed by atoms with E-state index in [2.05, 4.69) is 22.1 Å². The van der Waals surface area contributed by atoms with Gasteiger partial charge in [0.25, 0.3) is 5.91 Å². The molecule has 0 spiro atoms. The molecule has 1 N–H and O–H groups in total. The number of thioether (sulfide) groups is 1. The van der Waals surface area contributed by atoms with Crippen molar-refractivity contribution in [3.63, 3.8) is 0 Å². The normalized spacial score (nSPS) is 16.3. The maximum atomic E-state index is 12.2. The molecule has 0 saturated carbocycles. The summed E-state index contributed by atoms with van der Waals surface area (Å²) in [6.45, 7) is 7.97. The Labute approximate surface area is 149 Å². The molecule has 25 heavy (non-hydrogen) atoms. The minimum absolute atomic E-state index is 0.220. The van der Waals surface area contributed by atoms with Crippen molar-refractivity contribution in [3.8, 4) is 11.6 Å². The SMILES string of the molecule is C=CCn1c(SCCN2C(=O)NC(C)(C)C2=O)nnc1-c1ccco1. The molecule has 2 aromatic rings. The third-order valence-electron chi connectivity index (χ3n) is 3.76. The Balaban J connectivity index is 1.69. The highest BCUT2D eigenvalue weighted by molar-refractivity contribution is 7.99. The van der Waals surface area contributed by atoms with Gasteiger partial charge < -0.3 is 9.73 Å². The second kappa shape index (κ2) is 6.75. The highest BCUT2D eigenvalue weighted by Crippen LogP contribution is 2.25. The standard InChI is InChI=1S/C16H19N5O3S/c1-4-7-20-12(11-6-5-9-24-11)18-19-15(20)25-10-8-21-13(22)16(2,3)17-14(21)23/h4-6,9H,1,7-8,10H2,2-3H3,(H,17,23). The molecule has 132 valence electrons. The van der Waals surface area contributed by atoms with Crippen molar-refractivity contribution in [2.75, 3.05) is 12.3 Å². The van der Waals surface area contributed by atoms with E-state index in [9.17, 15) is 9.59 Å². The van der Waals surface area contributed by atoms with Crippen LogP contribution in [0, 0.1) is 0 Å². The van der Waals surface area contributed by atoms with Gasteiger partial charge in [-0.15, -0.1) is 16.8 Å². The molecule has 9 heteroatoms. The smallest absolute Gasteiger partial charge is 0.325 e. The van der Waals surface area contributed by atoms with Crippen LogP contribution in [-0.2, 0) is 11.3 Å². The second-order valence-electron chi connectivity index (χ2n) is 6.04. The van der Waals surface area contributed by atoms with Gasteiger partial charge in [-0.3, -0.25) is 14.3 Å². The highest BCUT2D eigenvalue weighted by atomic mass is 32.2. The predicted octanol–water partition coefficient (Wildman–Crippen LogP) is 2.15. The molecule has 8 nitrogen and oxygen atoms in total. The van der Waals surface area contributed by atoms with Crippen molar-refractivity contribution in [1.82, 2.24) is 25.0 Å². The average molecular weight is 361 g/mol. The second-order valence-corrected chi connectivity index (χ2v) is 7.11. The summed E-state index contributed by atoms with van der Waals surface area (Å²) < 4.78 is 7.27. The van der Waals surface area contributed by atoms with Gasteiger partial charge in [0.1, 0.15) is 5.54 Å². The summed E-state index contributed by atoms with van der Waals surface area (Å²) in [5.74, 6) is 1.53. The molecular weight excluding hydrogens is 342 g/mol. The van der Waals surface area contributed by atoms with E-state index in [0.29, 0.717) is 35.6 Å². The van der Waals surface area contributed by atoms with Gasteiger partial charge >= 0.3 is 6.03 Å². The molecule has 0 unspecified atom stereocenters. The highest BCUT2D eigenvalue weighted by Gasteiger charge is 2.43. The van der Waals surface area contributed by atoms with E-state index in [4.69, 9.17) is 4.42 Å². The van der Waals surface area contributed by atoms with Gasteiger partial charge in [-0.2, -0.15) is 0 Å². The van der Waals surface area contributed by atoms with Crippen LogP contribution in [0.25, 0.3) is 11.6 Å². The van der Waals surface area contributed by atoms with Crippen LogP contribution in [0.4, 0.5) is 4.79 Å². The quantitative estimate of drug-likeness (QED) is 0.461. The number of rotatable bonds is 7. The van der Waals surface area contributed by atoms with E-state index in [0.717, 1.165) is 0 Å². The lowest BCUT2D eigenvalue weighted by Gasteiger charge is -2.15. The maximum Gasteiger partial charge on any atom is 0.325 e. The molecule has 0 atom stereocenters. The van der Waals surface area contributed by atoms with Gasteiger partial charge in [0.2, 0.25) is 5.82 Å². The van der Waals surface area contributed by atoms with Crippen molar-refractivity contribution < 1.29 is 14.0 Å². The lowest BCUT2D eigenvalue weighted by molar-refractivity contribution is -0.130. The van der Waals surface area contributed by atoms with Crippen LogP contribution in [-0.4, -0.2) is 49.4 Å². The fourth-order valence-corrected chi connectivity index (χ4v) is 3.40. The molecule has 3 amide bonds. The summed E-state index contributed by atoms with van der Waals surface area (Å²) in [6, 6.07) is 3.24. The molecule has 1 aliphatic heterocycles. The number of nitrogens with zero attached hydrogens (tertiary/aromatic N) is 4. The van der Waals surface area contributed by atoms with Gasteiger partial charge in [-0.1, -0.05) is 17.8 Å². The van der Waals surface area contributed by atoms with Crippen molar-refractivity contribution in [1.29, 1.82) is 0 Å². The van der Waals surface area contributed by atoms with E-state index < -0.39 is 5.54 Å². The van der Waals surface area contributed by atoms with Crippen LogP contribution in [0.3, 0.4) is 0 Å². The average Bonchev–Trinajstić information content (AvgIpc) is 3.24. The Hall–Kier alpha value is -2.55. The molecule has 3 rings (SSSR count). The van der Waals surface area contributed by atoms with Crippen molar-refractivity contribution in [3.05, 3.63) is 31.1 Å². The number of carbonyl (C=O) groups is 2. The molecule has 0 radical (unpaired) electrons. The maximum absolute atomic E-state index is 12.2. The summed E-state index contributed by atoms with van der Waals surface area (Å²) in [4.78, 5) is 25.3. The molecule has 0 aliphatic carbocycles. The van der Waals surface area contributed by atoms with Crippen molar-refractivity contribution in [2.24, 2.45) is 0 Å². The first-order valence-corrected chi connectivity index (χ1v) is 8.77. The molecule has 1 fully saturated rings. The number of nitrogens with one attached hydrogen (secondary N) is 1. The molecule has 0 aromatic carbocycles. The zero-order valence-corrected chi connectivity index (χ0v) is 14.9. The molecule has 1 aliphatic rings. The lowest BCUT2D eigenvalue weighted by Crippen LogP contribution is -2.40. The third kappa shape index (κ3) is 3.32. The number of amides is 3. The van der Waals surface area contributed by atoms with Crippen LogP contribution >= 0.6 is 11.8 Å². The minimum atomic E-state index is -0.850. The first-order valence-electron chi connectivity index (χ1n) is 7.79. The predicted molar refractivity (Wildman–Crippen MR) is 93.0 cm³/mol. The van der Waals surface area contributed by atoms with Crippen LogP contribution in [0.5, 0.6) is 0 Å². The van der Waals surface area contributed by atoms with Gasteiger partial charge in [-0.25, -0.2) is 4.79 Å². The van der Waals surface area contributed by atoms with Gasteiger partial charge in [-0.05, 0) is 26.0 Å². The molecule has 1 saturated heterocycles. The van der Waals surface area contributed by atoms with Gasteiger partial charge in [0, 0.05) is 18.8 Å². The Morgan fingerprint density at radius 3 is 2.80 bits per heavy atom. The number of hydrogen-bond acceptors (Lipinski definition) is 6. The fraction of sp³-hybridized carbons (Fsp3) is 0.375. The third-order valence-corrected chi connectivity index (χ3v) is 4.71. The van der Waals surface area contributed by atoms with Gasteiger partial charge in [0.05, 0.1) is 6.26 Å². The number of allylic oxidation sites excluding steroid dienone is 1. The number of furan rings is 1. The minimum Gasteiger partial charge on any atom is -0.461 e. The largest absolute Gasteiger partial charge is 0.461 e. The number of urea groups is 1. The fourth-order valence-electron chi connectivity index (χ4n) is 2.53. The number of aromatic nitrogens is 3. The Kier molecular flexibility index (Phi) is 4.67. The summed E-state index contributed by atoms with van der Waals surface area (Å²) in [5.41, 5.74) is -0.850. The topological polar surface area (TPSA) is 93.3 Å². The summed E-state index contributed by atoms with van der Waals surface area (Å²) >= 11 is 1.42. The first kappa shape index (κ1) is 17.3. The number of imide groups is 1. The Morgan fingerprint density at radius 1 is 1.40 bits per heavy atom. The Bertz CT molecular complexity index is 797. The lowest BCUT2D eigenvalue weighted by atomic mass is 10.1. The summed E-state index contributed by atoms with van der Waals surface area (Å²) in [7, 11) is 0. The van der Waals surface area contributed by atoms with E-state index >= 15 is 0 Å². The van der Waals surface area contributed by atoms with Crippen molar-refractivity contribution >= 4 is 23.7 Å². The summed E-state index contributed by atoms with van der Waals surface area (Å²) in [6.07, 6.45) is 3.33. The summed E-state index contributed by atoms with van der Waals surface area (Å²) in [5, 5.41) is 11.7. The zero-order chi connectivity index (χ0) is 18.0. The Morgan fingerprint density at radius 2 is 2.20 bits per heavy atom. The zero-order valence-electron chi connectivity index (χ0n) is 14.1. The monoisotopic (exact) mass is 361 g/mol. The van der Waals surface area contributed by atoms with Crippen molar-refractivity contribution in [2.45, 2.75) is 31.1 Å². The van der Waals surface area contributed by atoms with E-state index in [1.807, 2.05) is 10.6 Å². The number of hydrogen-bond donors (Lipinski definition) is 1. The molecule has 2 aromatic heterocycles. The van der Waals surface area contributed by atoms with E-state index in [1.165, 1.54) is 16.7 Å². The van der Waals surface area contributed by atoms with Crippen LogP contribution in [0.15, 0.2) is 40.6 Å². The van der Waals surface area contributed by atoms with Gasteiger partial charge in [0.15, 0.2) is 10.9 Å². The van der Waals surface area contributed by atoms with Crippen LogP contribution < -0.4 is 5.32 Å². The molecule has 3 heterocycles. The molecule has 0 bridgehead atoms. The molecular formula is C16H19N5O3S. The first-order chi connectivity index (χ1) is 11.9. The van der Waals surface area contributed by atoms with E-state index in [-0.39, 0.29) is 11.9 Å². The van der Waals surface area contributed by atoms with E-state index in [1.54, 1.807) is 32.3 Å². The van der Waals surface area contributed by atoms with Crippen LogP contribution in [0.2, 0.25) is 0 Å². The number of carbonyl (C=O) groups excluding carboxylic acids is 2. The van der Waals surface area contributed by atoms with Crippen LogP contribution in [0.1, 0.15) is 13.8 Å².